The van der Waals surface area contributed by atoms with Gasteiger partial charge in [0.15, 0.2) is 0 Å². The van der Waals surface area contributed by atoms with E-state index in [1.165, 1.54) is 22.6 Å². The first-order valence-corrected chi connectivity index (χ1v) is 7.18. The van der Waals surface area contributed by atoms with Gasteiger partial charge in [-0.05, 0) is 63.1 Å². The Bertz CT molecular complexity index is 452. The van der Waals surface area contributed by atoms with Gasteiger partial charge in [0.2, 0.25) is 0 Å². The molecule has 3 nitrogen and oxygen atoms in total. The maximum Gasteiger partial charge on any atom is 0.412 e. The maximum absolute atomic E-state index is 11.7. The minimum atomic E-state index is -0.464. The Kier molecular flexibility index (Phi) is 3.85. The number of hydrogen-bond donors (Lipinski definition) is 1. The lowest BCUT2D eigenvalue weighted by Crippen LogP contribution is -2.27. The Balaban J connectivity index is 2.04. The van der Waals surface area contributed by atoms with Crippen LogP contribution in [0.2, 0.25) is 0 Å². The first-order valence-electron chi connectivity index (χ1n) is 6.20. The molecule has 0 bridgehead atoms. The van der Waals surface area contributed by atoms with E-state index in [9.17, 15) is 4.79 Å². The lowest BCUT2D eigenvalue weighted by Gasteiger charge is -2.20. The molecule has 1 aliphatic heterocycles. The standard InChI is InChI=1S/C14H19NO2S/c1-14(2,3)17-13(16)15-11-6-7-12-10(9-11)5-4-8-18-12/h6-7,9H,4-5,8H2,1-3H3,(H,15,16). The largest absolute Gasteiger partial charge is 0.444 e. The average Bonchev–Trinajstić information content (AvgIpc) is 2.26. The van der Waals surface area contributed by atoms with Crippen LogP contribution in [-0.2, 0) is 11.2 Å². The topological polar surface area (TPSA) is 38.3 Å². The molecule has 0 aliphatic carbocycles. The van der Waals surface area contributed by atoms with Crippen LogP contribution in [0, 0.1) is 0 Å². The van der Waals surface area contributed by atoms with Crippen LogP contribution in [0.4, 0.5) is 10.5 Å². The van der Waals surface area contributed by atoms with Crippen LogP contribution in [0.3, 0.4) is 0 Å². The smallest absolute Gasteiger partial charge is 0.412 e. The maximum atomic E-state index is 11.7. The highest BCUT2D eigenvalue weighted by molar-refractivity contribution is 7.99. The molecule has 0 fully saturated rings. The van der Waals surface area contributed by atoms with E-state index < -0.39 is 11.7 Å². The summed E-state index contributed by atoms with van der Waals surface area (Å²) in [4.78, 5) is 13.0. The van der Waals surface area contributed by atoms with Crippen LogP contribution in [0.1, 0.15) is 32.8 Å². The summed E-state index contributed by atoms with van der Waals surface area (Å²) >= 11 is 1.88. The Labute approximate surface area is 112 Å². The Hall–Kier alpha value is -1.16. The van der Waals surface area contributed by atoms with E-state index in [1.54, 1.807) is 0 Å². The Morgan fingerprint density at radius 3 is 2.89 bits per heavy atom. The van der Waals surface area contributed by atoms with Crippen molar-refractivity contribution in [2.75, 3.05) is 11.1 Å². The summed E-state index contributed by atoms with van der Waals surface area (Å²) in [5.74, 6) is 1.19. The van der Waals surface area contributed by atoms with E-state index in [0.717, 1.165) is 12.1 Å². The van der Waals surface area contributed by atoms with Gasteiger partial charge in [0.1, 0.15) is 5.60 Å². The lowest BCUT2D eigenvalue weighted by molar-refractivity contribution is 0.0636. The van der Waals surface area contributed by atoms with E-state index in [0.29, 0.717) is 0 Å². The SMILES string of the molecule is CC(C)(C)OC(=O)Nc1ccc2c(c1)CCCS2. The van der Waals surface area contributed by atoms with Crippen LogP contribution < -0.4 is 5.32 Å². The van der Waals surface area contributed by atoms with Crippen molar-refractivity contribution in [1.29, 1.82) is 0 Å². The predicted octanol–water partition coefficient (Wildman–Crippen LogP) is 4.07. The van der Waals surface area contributed by atoms with E-state index in [-0.39, 0.29) is 0 Å². The summed E-state index contributed by atoms with van der Waals surface area (Å²) < 4.78 is 5.23. The van der Waals surface area contributed by atoms with Crippen molar-refractivity contribution in [3.8, 4) is 0 Å². The molecule has 18 heavy (non-hydrogen) atoms. The zero-order valence-corrected chi connectivity index (χ0v) is 11.9. The molecular formula is C14H19NO2S. The third kappa shape index (κ3) is 3.67. The van der Waals surface area contributed by atoms with Gasteiger partial charge in [0.05, 0.1) is 0 Å². The summed E-state index contributed by atoms with van der Waals surface area (Å²) in [6.07, 6.45) is 1.89. The number of anilines is 1. The van der Waals surface area contributed by atoms with E-state index >= 15 is 0 Å². The van der Waals surface area contributed by atoms with E-state index in [4.69, 9.17) is 4.74 Å². The van der Waals surface area contributed by atoms with Gasteiger partial charge in [0.25, 0.3) is 0 Å². The fourth-order valence-electron chi connectivity index (χ4n) is 1.86. The summed E-state index contributed by atoms with van der Waals surface area (Å²) in [5.41, 5.74) is 1.67. The number of carbonyl (C=O) groups is 1. The van der Waals surface area contributed by atoms with Crippen molar-refractivity contribution in [2.24, 2.45) is 0 Å². The second kappa shape index (κ2) is 5.22. The number of carbonyl (C=O) groups excluding carboxylic acids is 1. The van der Waals surface area contributed by atoms with Crippen LogP contribution in [-0.4, -0.2) is 17.4 Å². The third-order valence-corrected chi connectivity index (χ3v) is 3.76. The number of fused-ring (bicyclic) bond motifs is 1. The van der Waals surface area contributed by atoms with Gasteiger partial charge in [-0.3, -0.25) is 5.32 Å². The molecule has 1 aromatic rings. The summed E-state index contributed by atoms with van der Waals surface area (Å²) in [6.45, 7) is 5.57. The molecule has 0 radical (unpaired) electrons. The quantitative estimate of drug-likeness (QED) is 0.831. The highest BCUT2D eigenvalue weighted by Crippen LogP contribution is 2.31. The van der Waals surface area contributed by atoms with Crippen LogP contribution in [0.5, 0.6) is 0 Å². The highest BCUT2D eigenvalue weighted by Gasteiger charge is 2.17. The molecule has 1 heterocycles. The summed E-state index contributed by atoms with van der Waals surface area (Å²) in [6, 6.07) is 6.05. The number of amides is 1. The number of hydrogen-bond acceptors (Lipinski definition) is 3. The molecule has 1 N–H and O–H groups in total. The van der Waals surface area contributed by atoms with Crippen molar-refractivity contribution in [2.45, 2.75) is 44.1 Å². The minimum absolute atomic E-state index is 0.397. The molecule has 0 saturated heterocycles. The first kappa shape index (κ1) is 13.3. The molecule has 1 aliphatic rings. The zero-order valence-electron chi connectivity index (χ0n) is 11.1. The molecule has 0 saturated carbocycles. The molecular weight excluding hydrogens is 246 g/mol. The molecule has 0 atom stereocenters. The summed E-state index contributed by atoms with van der Waals surface area (Å²) in [5, 5.41) is 2.78. The molecule has 4 heteroatoms. The van der Waals surface area contributed by atoms with Crippen molar-refractivity contribution >= 4 is 23.5 Å². The van der Waals surface area contributed by atoms with Crippen molar-refractivity contribution in [1.82, 2.24) is 0 Å². The number of rotatable bonds is 1. The van der Waals surface area contributed by atoms with E-state index in [1.807, 2.05) is 44.7 Å². The van der Waals surface area contributed by atoms with Gasteiger partial charge in [0, 0.05) is 10.6 Å². The number of aryl methyl sites for hydroxylation is 1. The molecule has 0 spiro atoms. The molecule has 98 valence electrons. The van der Waals surface area contributed by atoms with Gasteiger partial charge in [-0.25, -0.2) is 4.79 Å². The normalized spacial score (nSPS) is 14.8. The van der Waals surface area contributed by atoms with Gasteiger partial charge >= 0.3 is 6.09 Å². The monoisotopic (exact) mass is 265 g/mol. The average molecular weight is 265 g/mol. The molecule has 0 unspecified atom stereocenters. The fourth-order valence-corrected chi connectivity index (χ4v) is 2.88. The fraction of sp³-hybridized carbons (Fsp3) is 0.500. The molecule has 0 aromatic heterocycles. The van der Waals surface area contributed by atoms with Crippen LogP contribution >= 0.6 is 11.8 Å². The minimum Gasteiger partial charge on any atom is -0.444 e. The van der Waals surface area contributed by atoms with Gasteiger partial charge in [-0.2, -0.15) is 0 Å². The third-order valence-electron chi connectivity index (χ3n) is 2.55. The zero-order chi connectivity index (χ0) is 13.2. The number of thioether (sulfide) groups is 1. The number of ether oxygens (including phenoxy) is 1. The first-order chi connectivity index (χ1) is 8.44. The Morgan fingerprint density at radius 1 is 1.39 bits per heavy atom. The molecule has 2 rings (SSSR count). The van der Waals surface area contributed by atoms with Gasteiger partial charge < -0.3 is 4.74 Å². The van der Waals surface area contributed by atoms with Gasteiger partial charge in [-0.1, -0.05) is 0 Å². The predicted molar refractivity (Wildman–Crippen MR) is 75.3 cm³/mol. The second-order valence-corrected chi connectivity index (χ2v) is 6.54. The van der Waals surface area contributed by atoms with Crippen LogP contribution in [0.25, 0.3) is 0 Å². The highest BCUT2D eigenvalue weighted by atomic mass is 32.2. The van der Waals surface area contributed by atoms with Gasteiger partial charge in [-0.15, -0.1) is 11.8 Å². The van der Waals surface area contributed by atoms with Crippen molar-refractivity contribution < 1.29 is 9.53 Å². The summed E-state index contributed by atoms with van der Waals surface area (Å²) in [7, 11) is 0. The van der Waals surface area contributed by atoms with Crippen LogP contribution in [0.15, 0.2) is 23.1 Å². The van der Waals surface area contributed by atoms with Crippen molar-refractivity contribution in [3.05, 3.63) is 23.8 Å². The molecule has 1 amide bonds. The number of benzene rings is 1. The second-order valence-electron chi connectivity index (χ2n) is 5.40. The molecule has 1 aromatic carbocycles. The number of nitrogens with one attached hydrogen (secondary N) is 1. The van der Waals surface area contributed by atoms with E-state index in [2.05, 4.69) is 11.4 Å². The Morgan fingerprint density at radius 2 is 2.17 bits per heavy atom. The lowest BCUT2D eigenvalue weighted by atomic mass is 10.1. The van der Waals surface area contributed by atoms with Crippen molar-refractivity contribution in [3.63, 3.8) is 0 Å².